The molecule has 0 spiro atoms. The molecule has 1 aliphatic carbocycles. The third kappa shape index (κ3) is 6.13. The summed E-state index contributed by atoms with van der Waals surface area (Å²) < 4.78 is 42.2. The van der Waals surface area contributed by atoms with Gasteiger partial charge in [-0.25, -0.2) is 9.97 Å². The van der Waals surface area contributed by atoms with Crippen LogP contribution in [0, 0.1) is 5.92 Å². The van der Waals surface area contributed by atoms with Crippen molar-refractivity contribution in [2.24, 2.45) is 5.92 Å². The Labute approximate surface area is 204 Å². The van der Waals surface area contributed by atoms with E-state index in [9.17, 15) is 8.42 Å². The highest BCUT2D eigenvalue weighted by Gasteiger charge is 2.23. The summed E-state index contributed by atoms with van der Waals surface area (Å²) in [4.78, 5) is 12.7. The number of aromatic nitrogens is 3. The van der Waals surface area contributed by atoms with Crippen LogP contribution in [0.25, 0.3) is 11.4 Å². The summed E-state index contributed by atoms with van der Waals surface area (Å²) in [5, 5.41) is -0.0577. The monoisotopic (exact) mass is 503 g/mol. The average Bonchev–Trinajstić information content (AvgIpc) is 2.86. The van der Waals surface area contributed by atoms with E-state index in [-0.39, 0.29) is 22.5 Å². The predicted molar refractivity (Wildman–Crippen MR) is 130 cm³/mol. The normalized spacial score (nSPS) is 14.5. The summed E-state index contributed by atoms with van der Waals surface area (Å²) >= 11 is 6.47. The Morgan fingerprint density at radius 1 is 1.03 bits per heavy atom. The van der Waals surface area contributed by atoms with Crippen LogP contribution in [-0.4, -0.2) is 37.0 Å². The molecule has 1 aromatic carbocycles. The quantitative estimate of drug-likeness (QED) is 0.402. The molecule has 11 heteroatoms. The molecule has 9 nitrogen and oxygen atoms in total. The first-order chi connectivity index (χ1) is 16.4. The number of benzene rings is 1. The van der Waals surface area contributed by atoms with E-state index in [1.807, 2.05) is 0 Å². The van der Waals surface area contributed by atoms with Crippen molar-refractivity contribution >= 4 is 27.6 Å². The molecule has 2 aromatic heterocycles. The summed E-state index contributed by atoms with van der Waals surface area (Å²) in [5.41, 5.74) is 0.622. The Kier molecular flexibility index (Phi) is 7.81. The number of nitrogens with zero attached hydrogens (tertiary/aromatic N) is 3. The van der Waals surface area contributed by atoms with E-state index >= 15 is 0 Å². The summed E-state index contributed by atoms with van der Waals surface area (Å²) in [6, 6.07) is 10.3. The largest absolute Gasteiger partial charge is 0.493 e. The molecule has 180 valence electrons. The van der Waals surface area contributed by atoms with Crippen LogP contribution in [0.5, 0.6) is 17.2 Å². The molecule has 1 aliphatic rings. The lowest BCUT2D eigenvalue weighted by atomic mass is 9.90. The zero-order valence-corrected chi connectivity index (χ0v) is 20.3. The number of rotatable bonds is 9. The van der Waals surface area contributed by atoms with Crippen molar-refractivity contribution in [3.63, 3.8) is 0 Å². The van der Waals surface area contributed by atoms with E-state index in [1.54, 1.807) is 48.8 Å². The summed E-state index contributed by atoms with van der Waals surface area (Å²) in [6.45, 7) is 0.355. The van der Waals surface area contributed by atoms with E-state index in [4.69, 9.17) is 21.1 Å². The highest BCUT2D eigenvalue weighted by Crippen LogP contribution is 2.39. The van der Waals surface area contributed by atoms with Crippen LogP contribution >= 0.6 is 11.6 Å². The topological polar surface area (TPSA) is 115 Å². The fourth-order valence-corrected chi connectivity index (χ4v) is 4.94. The lowest BCUT2D eigenvalue weighted by Gasteiger charge is -2.22. The molecule has 0 radical (unpaired) electrons. The first-order valence-corrected chi connectivity index (χ1v) is 12.9. The molecule has 4 rings (SSSR count). The van der Waals surface area contributed by atoms with Crippen molar-refractivity contribution in [1.29, 1.82) is 0 Å². The van der Waals surface area contributed by atoms with Crippen molar-refractivity contribution in [3.8, 4) is 28.6 Å². The van der Waals surface area contributed by atoms with E-state index in [1.165, 1.54) is 13.5 Å². The van der Waals surface area contributed by atoms with Gasteiger partial charge in [-0.1, -0.05) is 43.0 Å². The zero-order valence-electron chi connectivity index (χ0n) is 18.7. The maximum atomic E-state index is 12.9. The molecule has 0 amide bonds. The lowest BCUT2D eigenvalue weighted by Crippen LogP contribution is -2.35. The van der Waals surface area contributed by atoms with Gasteiger partial charge in [0.2, 0.25) is 5.75 Å². The van der Waals surface area contributed by atoms with Crippen LogP contribution in [0.1, 0.15) is 32.1 Å². The Morgan fingerprint density at radius 2 is 1.74 bits per heavy atom. The van der Waals surface area contributed by atoms with E-state index in [0.29, 0.717) is 29.5 Å². The number of anilines is 1. The second-order valence-electron chi connectivity index (χ2n) is 7.96. The third-order valence-corrected chi connectivity index (χ3v) is 6.83. The standard InChI is InChI=1S/C23H26ClN5O4S/c1-32-18-9-5-6-10-19(18)33-20-21(24)27-22(17-11-13-25-14-12-17)28-23(20)29-34(30,31)26-15-16-7-3-2-4-8-16/h5-6,9-14,16,26H,2-4,7-8,15H2,1H3,(H,27,28,29). The van der Waals surface area contributed by atoms with Gasteiger partial charge in [-0.15, -0.1) is 0 Å². The number of nitrogens with one attached hydrogen (secondary N) is 2. The number of ether oxygens (including phenoxy) is 2. The lowest BCUT2D eigenvalue weighted by molar-refractivity contribution is 0.357. The van der Waals surface area contributed by atoms with Crippen molar-refractivity contribution in [1.82, 2.24) is 19.7 Å². The summed E-state index contributed by atoms with van der Waals surface area (Å²) in [5.74, 6) is 1.20. The molecule has 0 atom stereocenters. The van der Waals surface area contributed by atoms with Crippen LogP contribution < -0.4 is 18.9 Å². The molecule has 34 heavy (non-hydrogen) atoms. The average molecular weight is 504 g/mol. The van der Waals surface area contributed by atoms with Gasteiger partial charge < -0.3 is 9.47 Å². The molecule has 0 aliphatic heterocycles. The molecule has 1 saturated carbocycles. The Bertz CT molecular complexity index is 1220. The smallest absolute Gasteiger partial charge is 0.300 e. The molecular weight excluding hydrogens is 478 g/mol. The minimum absolute atomic E-state index is 0.0352. The van der Waals surface area contributed by atoms with Gasteiger partial charge in [0, 0.05) is 24.5 Å². The van der Waals surface area contributed by atoms with E-state index in [2.05, 4.69) is 24.4 Å². The van der Waals surface area contributed by atoms with Crippen molar-refractivity contribution < 1.29 is 17.9 Å². The number of hydrogen-bond acceptors (Lipinski definition) is 7. The van der Waals surface area contributed by atoms with E-state index in [0.717, 1.165) is 25.7 Å². The molecule has 0 unspecified atom stereocenters. The highest BCUT2D eigenvalue weighted by molar-refractivity contribution is 7.90. The Morgan fingerprint density at radius 3 is 2.44 bits per heavy atom. The van der Waals surface area contributed by atoms with Crippen LogP contribution in [0.2, 0.25) is 5.15 Å². The minimum atomic E-state index is -3.95. The summed E-state index contributed by atoms with van der Waals surface area (Å²) in [7, 11) is -2.45. The fraction of sp³-hybridized carbons (Fsp3) is 0.348. The number of halogens is 1. The van der Waals surface area contributed by atoms with Gasteiger partial charge >= 0.3 is 0 Å². The van der Waals surface area contributed by atoms with Crippen molar-refractivity contribution in [2.45, 2.75) is 32.1 Å². The Balaban J connectivity index is 1.66. The van der Waals surface area contributed by atoms with E-state index < -0.39 is 10.2 Å². The molecule has 2 heterocycles. The Hall–Kier alpha value is -2.95. The molecule has 1 fully saturated rings. The predicted octanol–water partition coefficient (Wildman–Crippen LogP) is 4.82. The summed E-state index contributed by atoms with van der Waals surface area (Å²) in [6.07, 6.45) is 8.62. The molecular formula is C23H26ClN5O4S. The first-order valence-electron chi connectivity index (χ1n) is 11.0. The third-order valence-electron chi connectivity index (χ3n) is 5.56. The number of pyridine rings is 1. The first kappa shape index (κ1) is 24.2. The number of para-hydroxylation sites is 2. The van der Waals surface area contributed by atoms with Crippen molar-refractivity contribution in [3.05, 3.63) is 53.9 Å². The van der Waals surface area contributed by atoms with Gasteiger partial charge in [-0.05, 0) is 43.0 Å². The van der Waals surface area contributed by atoms with Crippen LogP contribution in [0.4, 0.5) is 5.82 Å². The highest BCUT2D eigenvalue weighted by atomic mass is 35.5. The molecule has 2 N–H and O–H groups in total. The second kappa shape index (κ2) is 11.0. The molecule has 3 aromatic rings. The van der Waals surface area contributed by atoms with Gasteiger partial charge in [-0.2, -0.15) is 13.1 Å². The van der Waals surface area contributed by atoms with Gasteiger partial charge in [0.1, 0.15) is 0 Å². The second-order valence-corrected chi connectivity index (χ2v) is 9.82. The minimum Gasteiger partial charge on any atom is -0.493 e. The van der Waals surface area contributed by atoms with Crippen LogP contribution in [0.3, 0.4) is 0 Å². The van der Waals surface area contributed by atoms with Gasteiger partial charge in [0.25, 0.3) is 10.2 Å². The fourth-order valence-electron chi connectivity index (χ4n) is 3.81. The molecule has 0 saturated heterocycles. The maximum Gasteiger partial charge on any atom is 0.300 e. The SMILES string of the molecule is COc1ccccc1Oc1c(Cl)nc(-c2ccncc2)nc1NS(=O)(=O)NCC1CCCCC1. The number of methoxy groups -OCH3 is 1. The van der Waals surface area contributed by atoms with Gasteiger partial charge in [0.15, 0.2) is 28.3 Å². The number of hydrogen-bond donors (Lipinski definition) is 2. The van der Waals surface area contributed by atoms with Crippen LogP contribution in [-0.2, 0) is 10.2 Å². The van der Waals surface area contributed by atoms with Crippen molar-refractivity contribution in [2.75, 3.05) is 18.4 Å². The van der Waals surface area contributed by atoms with Gasteiger partial charge in [0.05, 0.1) is 7.11 Å². The van der Waals surface area contributed by atoms with Crippen LogP contribution in [0.15, 0.2) is 48.8 Å². The maximum absolute atomic E-state index is 12.9. The van der Waals surface area contributed by atoms with Gasteiger partial charge in [-0.3, -0.25) is 9.71 Å². The zero-order chi connectivity index (χ0) is 24.0. The molecule has 0 bridgehead atoms.